The van der Waals surface area contributed by atoms with E-state index in [1.54, 1.807) is 16.9 Å². The van der Waals surface area contributed by atoms with Gasteiger partial charge in [0, 0.05) is 11.3 Å². The molecule has 0 bridgehead atoms. The average molecular weight is 484 g/mol. The van der Waals surface area contributed by atoms with Crippen LogP contribution in [0.3, 0.4) is 0 Å². The number of nitrogens with one attached hydrogen (secondary N) is 2. The van der Waals surface area contributed by atoms with Gasteiger partial charge in [0.25, 0.3) is 5.91 Å². The van der Waals surface area contributed by atoms with E-state index >= 15 is 0 Å². The zero-order chi connectivity index (χ0) is 22.8. The van der Waals surface area contributed by atoms with Crippen LogP contribution < -0.4 is 10.6 Å². The van der Waals surface area contributed by atoms with Crippen LogP contribution in [0, 0.1) is 6.92 Å². The Kier molecular flexibility index (Phi) is 6.41. The highest BCUT2D eigenvalue weighted by Crippen LogP contribution is 2.24. The van der Waals surface area contributed by atoms with Crippen molar-refractivity contribution in [2.24, 2.45) is 0 Å². The number of aryl methyl sites for hydroxylation is 2. The standard InChI is InChI=1S/C23H19Cl2N5OS/c1-3-14-4-7-16(8-5-14)30-28-20-10-13(2)19(12-21(20)29-30)26-23(32)27-22(31)15-6-9-17(24)18(25)11-15/h4-12H,3H2,1-2H3,(H2,26,27,31,32). The van der Waals surface area contributed by atoms with Crippen molar-refractivity contribution >= 4 is 63.2 Å². The van der Waals surface area contributed by atoms with Gasteiger partial charge in [0.1, 0.15) is 11.0 Å². The second-order valence-electron chi connectivity index (χ2n) is 7.20. The van der Waals surface area contributed by atoms with E-state index in [2.05, 4.69) is 39.9 Å². The van der Waals surface area contributed by atoms with Crippen molar-refractivity contribution in [2.45, 2.75) is 20.3 Å². The lowest BCUT2D eigenvalue weighted by Gasteiger charge is -2.12. The van der Waals surface area contributed by atoms with E-state index in [-0.39, 0.29) is 11.0 Å². The largest absolute Gasteiger partial charge is 0.332 e. The minimum absolute atomic E-state index is 0.158. The van der Waals surface area contributed by atoms with Gasteiger partial charge in [-0.1, -0.05) is 42.3 Å². The minimum Gasteiger partial charge on any atom is -0.332 e. The molecule has 1 amide bonds. The molecule has 3 aromatic carbocycles. The first-order chi connectivity index (χ1) is 15.3. The predicted octanol–water partition coefficient (Wildman–Crippen LogP) is 5.72. The Morgan fingerprint density at radius 2 is 1.69 bits per heavy atom. The van der Waals surface area contributed by atoms with Crippen molar-refractivity contribution in [3.63, 3.8) is 0 Å². The van der Waals surface area contributed by atoms with Crippen LogP contribution >= 0.6 is 35.4 Å². The normalized spacial score (nSPS) is 10.9. The third-order valence-corrected chi connectivity index (χ3v) is 5.90. The molecule has 0 radical (unpaired) electrons. The summed E-state index contributed by atoms with van der Waals surface area (Å²) in [6.07, 6.45) is 0.977. The molecule has 0 saturated carbocycles. The number of hydrogen-bond donors (Lipinski definition) is 2. The molecule has 0 atom stereocenters. The van der Waals surface area contributed by atoms with E-state index in [0.717, 1.165) is 28.9 Å². The zero-order valence-electron chi connectivity index (χ0n) is 17.3. The Hall–Kier alpha value is -3.00. The van der Waals surface area contributed by atoms with E-state index in [1.165, 1.54) is 11.6 Å². The molecule has 4 aromatic rings. The number of rotatable bonds is 4. The quantitative estimate of drug-likeness (QED) is 0.363. The molecule has 6 nitrogen and oxygen atoms in total. The van der Waals surface area contributed by atoms with Gasteiger partial charge in [-0.3, -0.25) is 10.1 Å². The van der Waals surface area contributed by atoms with Crippen molar-refractivity contribution in [2.75, 3.05) is 5.32 Å². The molecule has 1 aromatic heterocycles. The molecule has 2 N–H and O–H groups in total. The summed E-state index contributed by atoms with van der Waals surface area (Å²) in [7, 11) is 0. The number of halogens is 2. The van der Waals surface area contributed by atoms with Gasteiger partial charge in [-0.25, -0.2) is 0 Å². The van der Waals surface area contributed by atoms with Gasteiger partial charge in [-0.15, -0.1) is 10.2 Å². The molecule has 0 unspecified atom stereocenters. The van der Waals surface area contributed by atoms with Crippen LogP contribution in [-0.2, 0) is 6.42 Å². The smallest absolute Gasteiger partial charge is 0.257 e. The van der Waals surface area contributed by atoms with E-state index in [1.807, 2.05) is 31.2 Å². The van der Waals surface area contributed by atoms with Crippen LogP contribution in [0.5, 0.6) is 0 Å². The maximum absolute atomic E-state index is 12.4. The van der Waals surface area contributed by atoms with Gasteiger partial charge in [0.2, 0.25) is 0 Å². The van der Waals surface area contributed by atoms with Crippen LogP contribution in [-0.4, -0.2) is 26.0 Å². The van der Waals surface area contributed by atoms with Crippen molar-refractivity contribution in [3.05, 3.63) is 81.3 Å². The van der Waals surface area contributed by atoms with Gasteiger partial charge in [0.15, 0.2) is 5.11 Å². The third kappa shape index (κ3) is 4.75. The number of amides is 1. The van der Waals surface area contributed by atoms with Gasteiger partial charge >= 0.3 is 0 Å². The molecule has 9 heteroatoms. The van der Waals surface area contributed by atoms with Crippen LogP contribution in [0.2, 0.25) is 10.0 Å². The fourth-order valence-corrected chi connectivity index (χ4v) is 3.65. The van der Waals surface area contributed by atoms with Crippen molar-refractivity contribution in [1.82, 2.24) is 20.3 Å². The lowest BCUT2D eigenvalue weighted by molar-refractivity contribution is 0.0977. The first-order valence-electron chi connectivity index (χ1n) is 9.88. The molecule has 0 fully saturated rings. The second kappa shape index (κ2) is 9.24. The highest BCUT2D eigenvalue weighted by Gasteiger charge is 2.13. The summed E-state index contributed by atoms with van der Waals surface area (Å²) in [4.78, 5) is 14.1. The van der Waals surface area contributed by atoms with Crippen molar-refractivity contribution in [3.8, 4) is 5.69 Å². The Morgan fingerprint density at radius 3 is 2.34 bits per heavy atom. The molecular weight excluding hydrogens is 465 g/mol. The number of benzene rings is 3. The Morgan fingerprint density at radius 1 is 1.00 bits per heavy atom. The molecular formula is C23H19Cl2N5OS. The summed E-state index contributed by atoms with van der Waals surface area (Å²) >= 11 is 17.2. The summed E-state index contributed by atoms with van der Waals surface area (Å²) in [6, 6.07) is 16.5. The molecule has 1 heterocycles. The monoisotopic (exact) mass is 483 g/mol. The SMILES string of the molecule is CCc1ccc(-n2nc3cc(C)c(NC(=S)NC(=O)c4ccc(Cl)c(Cl)c4)cc3n2)cc1. The number of thiocarbonyl (C=S) groups is 1. The number of aromatic nitrogens is 3. The van der Waals surface area contributed by atoms with Crippen molar-refractivity contribution < 1.29 is 4.79 Å². The van der Waals surface area contributed by atoms with Crippen LogP contribution in [0.4, 0.5) is 5.69 Å². The van der Waals surface area contributed by atoms with Crippen LogP contribution in [0.15, 0.2) is 54.6 Å². The minimum atomic E-state index is -0.388. The number of anilines is 1. The summed E-state index contributed by atoms with van der Waals surface area (Å²) < 4.78 is 0. The fourth-order valence-electron chi connectivity index (χ4n) is 3.15. The first kappa shape index (κ1) is 22.2. The molecule has 0 spiro atoms. The summed E-state index contributed by atoms with van der Waals surface area (Å²) in [6.45, 7) is 4.05. The highest BCUT2D eigenvalue weighted by molar-refractivity contribution is 7.80. The van der Waals surface area contributed by atoms with Crippen LogP contribution in [0.1, 0.15) is 28.4 Å². The van der Waals surface area contributed by atoms with E-state index < -0.39 is 0 Å². The topological polar surface area (TPSA) is 71.8 Å². The summed E-state index contributed by atoms with van der Waals surface area (Å²) in [5.74, 6) is -0.388. The Balaban J connectivity index is 1.52. The van der Waals surface area contributed by atoms with Crippen molar-refractivity contribution in [1.29, 1.82) is 0 Å². The van der Waals surface area contributed by atoms with E-state index in [0.29, 0.717) is 21.1 Å². The van der Waals surface area contributed by atoms with Crippen LogP contribution in [0.25, 0.3) is 16.7 Å². The Labute approximate surface area is 200 Å². The maximum Gasteiger partial charge on any atom is 0.257 e. The maximum atomic E-state index is 12.4. The zero-order valence-corrected chi connectivity index (χ0v) is 19.6. The lowest BCUT2D eigenvalue weighted by atomic mass is 10.2. The fraction of sp³-hybridized carbons (Fsp3) is 0.130. The molecule has 32 heavy (non-hydrogen) atoms. The number of carbonyl (C=O) groups excluding carboxylic acids is 1. The number of nitrogens with zero attached hydrogens (tertiary/aromatic N) is 3. The molecule has 0 aliphatic carbocycles. The predicted molar refractivity (Wildman–Crippen MR) is 133 cm³/mol. The van der Waals surface area contributed by atoms with E-state index in [4.69, 9.17) is 35.4 Å². The van der Waals surface area contributed by atoms with E-state index in [9.17, 15) is 4.79 Å². The first-order valence-corrected chi connectivity index (χ1v) is 11.0. The number of hydrogen-bond acceptors (Lipinski definition) is 4. The summed E-state index contributed by atoms with van der Waals surface area (Å²) in [5, 5.41) is 15.7. The van der Waals surface area contributed by atoms with Gasteiger partial charge in [0.05, 0.1) is 15.7 Å². The lowest BCUT2D eigenvalue weighted by Crippen LogP contribution is -2.34. The Bertz CT molecular complexity index is 1330. The number of carbonyl (C=O) groups is 1. The summed E-state index contributed by atoms with van der Waals surface area (Å²) in [5.41, 5.74) is 5.60. The van der Waals surface area contributed by atoms with Gasteiger partial charge < -0.3 is 5.32 Å². The van der Waals surface area contributed by atoms with Gasteiger partial charge in [-0.05, 0) is 79.2 Å². The molecule has 0 aliphatic rings. The molecule has 0 saturated heterocycles. The third-order valence-electron chi connectivity index (χ3n) is 4.96. The second-order valence-corrected chi connectivity index (χ2v) is 8.43. The molecule has 0 aliphatic heterocycles. The molecule has 162 valence electrons. The van der Waals surface area contributed by atoms with Gasteiger partial charge in [-0.2, -0.15) is 4.80 Å². The average Bonchev–Trinajstić information content (AvgIpc) is 3.18. The highest BCUT2D eigenvalue weighted by atomic mass is 35.5. The number of fused-ring (bicyclic) bond motifs is 1. The molecule has 4 rings (SSSR count).